The number of nitrogens with zero attached hydrogens (tertiary/aromatic N) is 1. The van der Waals surface area contributed by atoms with Gasteiger partial charge in [0.1, 0.15) is 29.4 Å². The molecule has 2 N–H and O–H groups in total. The van der Waals surface area contributed by atoms with E-state index in [0.717, 1.165) is 32.1 Å². The molecule has 9 atom stereocenters. The van der Waals surface area contributed by atoms with Gasteiger partial charge in [-0.15, -0.1) is 0 Å². The fraction of sp³-hybridized carbons (Fsp3) is 0.688. The average molecular weight is 556 g/mol. The first kappa shape index (κ1) is 29.2. The third kappa shape index (κ3) is 5.48. The molecule has 1 spiro atoms. The van der Waals surface area contributed by atoms with Gasteiger partial charge in [-0.25, -0.2) is 0 Å². The number of oxime groups is 1. The number of aliphatic hydroxyl groups is 1. The molecule has 8 nitrogen and oxygen atoms in total. The zero-order valence-corrected chi connectivity index (χ0v) is 24.5. The quantitative estimate of drug-likeness (QED) is 0.193. The Labute approximate surface area is 237 Å². The minimum absolute atomic E-state index is 0.0940. The van der Waals surface area contributed by atoms with E-state index >= 15 is 0 Å². The molecule has 0 saturated carbocycles. The second kappa shape index (κ2) is 11.6. The summed E-state index contributed by atoms with van der Waals surface area (Å²) in [6, 6.07) is 0. The molecule has 8 heteroatoms. The third-order valence-corrected chi connectivity index (χ3v) is 9.45. The van der Waals surface area contributed by atoms with E-state index in [1.165, 1.54) is 5.57 Å². The number of fused-ring (bicyclic) bond motifs is 2. The van der Waals surface area contributed by atoms with Crippen molar-refractivity contribution in [1.29, 1.82) is 0 Å². The zero-order valence-electron chi connectivity index (χ0n) is 24.5. The van der Waals surface area contributed by atoms with Crippen LogP contribution in [0.25, 0.3) is 0 Å². The first-order chi connectivity index (χ1) is 19.1. The van der Waals surface area contributed by atoms with Crippen molar-refractivity contribution in [3.05, 3.63) is 47.1 Å². The molecule has 0 amide bonds. The predicted molar refractivity (Wildman–Crippen MR) is 151 cm³/mol. The van der Waals surface area contributed by atoms with Crippen molar-refractivity contribution in [2.45, 2.75) is 115 Å². The average Bonchev–Trinajstić information content (AvgIpc) is 3.24. The van der Waals surface area contributed by atoms with Gasteiger partial charge in [-0.1, -0.05) is 61.9 Å². The Morgan fingerprint density at radius 1 is 1.18 bits per heavy atom. The van der Waals surface area contributed by atoms with Crippen LogP contribution < -0.4 is 0 Å². The molecule has 0 aromatic heterocycles. The molecule has 3 saturated heterocycles. The van der Waals surface area contributed by atoms with Crippen molar-refractivity contribution in [3.63, 3.8) is 0 Å². The molecule has 4 aliphatic heterocycles. The van der Waals surface area contributed by atoms with Gasteiger partial charge in [0.15, 0.2) is 5.79 Å². The van der Waals surface area contributed by atoms with E-state index in [4.69, 9.17) is 18.9 Å². The van der Waals surface area contributed by atoms with Crippen LogP contribution in [0.3, 0.4) is 0 Å². The summed E-state index contributed by atoms with van der Waals surface area (Å²) >= 11 is 0. The maximum atomic E-state index is 13.9. The first-order valence-corrected chi connectivity index (χ1v) is 14.9. The van der Waals surface area contributed by atoms with Gasteiger partial charge in [0, 0.05) is 19.3 Å². The molecule has 5 aliphatic rings. The maximum absolute atomic E-state index is 13.9. The third-order valence-electron chi connectivity index (χ3n) is 9.45. The molecule has 5 rings (SSSR count). The number of ether oxygens (including phenoxy) is 4. The van der Waals surface area contributed by atoms with Gasteiger partial charge < -0.3 is 29.3 Å². The first-order valence-electron chi connectivity index (χ1n) is 14.9. The summed E-state index contributed by atoms with van der Waals surface area (Å²) in [6.45, 7) is 10.5. The number of carbonyl (C=O) groups is 1. The van der Waals surface area contributed by atoms with Crippen LogP contribution >= 0.6 is 0 Å². The lowest BCUT2D eigenvalue weighted by Gasteiger charge is -2.49. The lowest BCUT2D eigenvalue weighted by molar-refractivity contribution is -0.335. The summed E-state index contributed by atoms with van der Waals surface area (Å²) in [4.78, 5) is 13.9. The fourth-order valence-electron chi connectivity index (χ4n) is 7.22. The number of rotatable bonds is 1. The molecule has 3 fully saturated rings. The second-order valence-electron chi connectivity index (χ2n) is 12.6. The van der Waals surface area contributed by atoms with E-state index in [9.17, 15) is 15.1 Å². The van der Waals surface area contributed by atoms with E-state index in [1.54, 1.807) is 13.0 Å². The van der Waals surface area contributed by atoms with Gasteiger partial charge >= 0.3 is 5.97 Å². The van der Waals surface area contributed by atoms with E-state index in [-0.39, 0.29) is 30.4 Å². The van der Waals surface area contributed by atoms with Gasteiger partial charge in [-0.05, 0) is 62.5 Å². The van der Waals surface area contributed by atoms with Crippen LogP contribution in [0.5, 0.6) is 0 Å². The topological polar surface area (TPSA) is 107 Å². The number of hydrogen-bond acceptors (Lipinski definition) is 8. The van der Waals surface area contributed by atoms with Crippen LogP contribution in [-0.2, 0) is 23.7 Å². The molecule has 1 aliphatic carbocycles. The zero-order chi connectivity index (χ0) is 28.7. The molecular weight excluding hydrogens is 510 g/mol. The van der Waals surface area contributed by atoms with E-state index in [2.05, 4.69) is 45.0 Å². The van der Waals surface area contributed by atoms with Crippen LogP contribution in [0.2, 0.25) is 0 Å². The van der Waals surface area contributed by atoms with Gasteiger partial charge in [0.05, 0.1) is 18.8 Å². The lowest BCUT2D eigenvalue weighted by atomic mass is 9.71. The normalized spacial score (nSPS) is 47.0. The Balaban J connectivity index is 1.53. The van der Waals surface area contributed by atoms with Gasteiger partial charge in [-0.3, -0.25) is 4.79 Å². The SMILES string of the molecule is CC[C@H]1O[C@]2(CC[C@@H]1C)C[C@@H]1C[C@@H](C/C=C(\C)C[C@@H](C)/C=C/C=C3\CO[C@@H]4/C(=N/O)C(C)=C[C@@H](C(=O)O1)[C@]34O)O2. The Kier molecular flexibility index (Phi) is 8.44. The molecule has 0 radical (unpaired) electrons. The Morgan fingerprint density at radius 3 is 2.73 bits per heavy atom. The smallest absolute Gasteiger partial charge is 0.316 e. The lowest BCUT2D eigenvalue weighted by Crippen LogP contribution is -2.57. The van der Waals surface area contributed by atoms with Crippen LogP contribution in [0, 0.1) is 17.8 Å². The van der Waals surface area contributed by atoms with Crippen LogP contribution in [0.4, 0.5) is 0 Å². The minimum atomic E-state index is -1.72. The van der Waals surface area contributed by atoms with Crippen molar-refractivity contribution in [2.24, 2.45) is 22.9 Å². The largest absolute Gasteiger partial charge is 0.462 e. The molecule has 220 valence electrons. The highest BCUT2D eigenvalue weighted by Gasteiger charge is 2.59. The van der Waals surface area contributed by atoms with Gasteiger partial charge in [0.2, 0.25) is 0 Å². The second-order valence-corrected chi connectivity index (χ2v) is 12.6. The molecular formula is C32H45NO7. The van der Waals surface area contributed by atoms with Crippen LogP contribution in [0.1, 0.15) is 79.6 Å². The van der Waals surface area contributed by atoms with Gasteiger partial charge in [-0.2, -0.15) is 0 Å². The maximum Gasteiger partial charge on any atom is 0.316 e. The highest BCUT2D eigenvalue weighted by Crippen LogP contribution is 2.46. The Hall–Kier alpha value is -2.26. The summed E-state index contributed by atoms with van der Waals surface area (Å²) in [5.41, 5.74) is 0.922. The Morgan fingerprint density at radius 2 is 1.98 bits per heavy atom. The summed E-state index contributed by atoms with van der Waals surface area (Å²) in [7, 11) is 0. The van der Waals surface area contributed by atoms with Crippen molar-refractivity contribution in [3.8, 4) is 0 Å². The molecule has 0 unspecified atom stereocenters. The summed E-state index contributed by atoms with van der Waals surface area (Å²) in [5.74, 6) is -1.60. The highest BCUT2D eigenvalue weighted by molar-refractivity contribution is 6.06. The van der Waals surface area contributed by atoms with Crippen molar-refractivity contribution in [2.75, 3.05) is 6.61 Å². The molecule has 40 heavy (non-hydrogen) atoms. The fourth-order valence-corrected chi connectivity index (χ4v) is 7.22. The van der Waals surface area contributed by atoms with E-state index in [1.807, 2.05) is 12.2 Å². The Bertz CT molecular complexity index is 1140. The van der Waals surface area contributed by atoms with Crippen molar-refractivity contribution < 1.29 is 34.1 Å². The highest BCUT2D eigenvalue weighted by atomic mass is 16.7. The van der Waals surface area contributed by atoms with E-state index in [0.29, 0.717) is 29.9 Å². The van der Waals surface area contributed by atoms with Crippen molar-refractivity contribution in [1.82, 2.24) is 0 Å². The monoisotopic (exact) mass is 555 g/mol. The van der Waals surface area contributed by atoms with Crippen LogP contribution in [-0.4, -0.2) is 64.4 Å². The number of hydrogen-bond donors (Lipinski definition) is 2. The summed E-state index contributed by atoms with van der Waals surface area (Å²) in [6.07, 6.45) is 13.6. The van der Waals surface area contributed by atoms with Crippen molar-refractivity contribution >= 4 is 11.7 Å². The summed E-state index contributed by atoms with van der Waals surface area (Å²) in [5, 5.41) is 25.3. The number of carbonyl (C=O) groups excluding carboxylic acids is 1. The molecule has 0 aromatic carbocycles. The number of allylic oxidation sites excluding steroid dienone is 4. The van der Waals surface area contributed by atoms with E-state index < -0.39 is 35.5 Å². The predicted octanol–water partition coefficient (Wildman–Crippen LogP) is 5.39. The molecule has 4 heterocycles. The number of esters is 1. The molecule has 0 aromatic rings. The molecule has 2 bridgehead atoms. The summed E-state index contributed by atoms with van der Waals surface area (Å²) < 4.78 is 25.5. The minimum Gasteiger partial charge on any atom is -0.462 e. The van der Waals surface area contributed by atoms with Gasteiger partial charge in [0.25, 0.3) is 0 Å². The van der Waals surface area contributed by atoms with Crippen LogP contribution in [0.15, 0.2) is 52.3 Å². The standard InChI is InChI=1S/C32H45NO7/c1-6-27-21(4)12-13-31(40-27)17-25-16-24(39-31)11-10-20(3)14-19(2)8-7-9-23-18-37-29-28(33-36)22(5)15-26(30(34)38-25)32(23,29)35/h7-10,15,19,21,24-27,29,35-36H,6,11-14,16-18H2,1-5H3/b8-7+,20-10+,23-9+,33-28+/t19-,21-,24+,25-,26-,27+,29+,31+,32+/m0/s1.